The van der Waals surface area contributed by atoms with Crippen molar-refractivity contribution in [1.82, 2.24) is 9.88 Å². The van der Waals surface area contributed by atoms with Crippen molar-refractivity contribution in [3.8, 4) is 11.3 Å². The van der Waals surface area contributed by atoms with Crippen LogP contribution in [0.2, 0.25) is 0 Å². The van der Waals surface area contributed by atoms with Crippen LogP contribution >= 0.6 is 0 Å². The molecule has 0 bridgehead atoms. The molecule has 3 aromatic rings. The number of benzene rings is 2. The van der Waals surface area contributed by atoms with Crippen LogP contribution in [0.25, 0.3) is 22.2 Å². The van der Waals surface area contributed by atoms with Crippen LogP contribution in [0.1, 0.15) is 54.9 Å². The molecular weight excluding hydrogens is 460 g/mol. The van der Waals surface area contributed by atoms with Crippen LogP contribution in [0.5, 0.6) is 0 Å². The lowest BCUT2D eigenvalue weighted by Gasteiger charge is -2.31. The molecule has 0 spiro atoms. The van der Waals surface area contributed by atoms with Crippen LogP contribution in [0.3, 0.4) is 0 Å². The molecule has 1 aliphatic rings. The third-order valence-corrected chi connectivity index (χ3v) is 6.75. The molecule has 1 amide bonds. The van der Waals surface area contributed by atoms with Crippen molar-refractivity contribution in [2.75, 3.05) is 13.2 Å². The van der Waals surface area contributed by atoms with Gasteiger partial charge in [-0.05, 0) is 55.2 Å². The molecule has 0 radical (unpaired) electrons. The zero-order valence-electron chi connectivity index (χ0n) is 20.3. The smallest absolute Gasteiger partial charge is 0.410 e. The Bertz CT molecular complexity index is 1260. The Morgan fingerprint density at radius 1 is 1.00 bits per heavy atom. The number of hydrogen-bond acceptors (Lipinski definition) is 5. The Kier molecular flexibility index (Phi) is 7.52. The fourth-order valence-electron chi connectivity index (χ4n) is 4.76. The average Bonchev–Trinajstić information content (AvgIpc) is 3.36. The van der Waals surface area contributed by atoms with Crippen molar-refractivity contribution in [3.05, 3.63) is 65.7 Å². The van der Waals surface area contributed by atoms with Gasteiger partial charge in [-0.1, -0.05) is 44.0 Å². The van der Waals surface area contributed by atoms with E-state index in [0.717, 1.165) is 40.6 Å². The fraction of sp³-hybridized carbons (Fsp3) is 0.357. The van der Waals surface area contributed by atoms with Crippen molar-refractivity contribution in [1.29, 1.82) is 0 Å². The Morgan fingerprint density at radius 3 is 2.36 bits per heavy atom. The van der Waals surface area contributed by atoms with Gasteiger partial charge in [0.25, 0.3) is 0 Å². The monoisotopic (exact) mass is 490 g/mol. The van der Waals surface area contributed by atoms with E-state index in [4.69, 9.17) is 14.8 Å². The van der Waals surface area contributed by atoms with Crippen molar-refractivity contribution in [2.45, 2.75) is 45.6 Å². The number of carbonyl (C=O) groups excluding carboxylic acids is 1. The van der Waals surface area contributed by atoms with Crippen LogP contribution in [0.4, 0.5) is 4.79 Å². The number of aromatic nitrogens is 1. The number of ether oxygens (including phenoxy) is 1. The average molecular weight is 491 g/mol. The van der Waals surface area contributed by atoms with Crippen LogP contribution in [0, 0.1) is 5.41 Å². The van der Waals surface area contributed by atoms with Crippen molar-refractivity contribution in [3.63, 3.8) is 0 Å². The van der Waals surface area contributed by atoms with Crippen LogP contribution < -0.4 is 0 Å². The maximum atomic E-state index is 12.9. The zero-order valence-corrected chi connectivity index (χ0v) is 20.3. The van der Waals surface area contributed by atoms with Gasteiger partial charge in [0.15, 0.2) is 0 Å². The summed E-state index contributed by atoms with van der Waals surface area (Å²) in [6, 6.07) is 16.1. The zero-order chi connectivity index (χ0) is 25.7. The lowest BCUT2D eigenvalue weighted by atomic mass is 9.85. The van der Waals surface area contributed by atoms with Crippen LogP contribution in [0.15, 0.2) is 54.6 Å². The maximum absolute atomic E-state index is 12.9. The van der Waals surface area contributed by atoms with Gasteiger partial charge in [-0.2, -0.15) is 0 Å². The summed E-state index contributed by atoms with van der Waals surface area (Å²) in [7, 11) is 0. The van der Waals surface area contributed by atoms with E-state index in [1.807, 2.05) is 37.3 Å². The topological polar surface area (TPSA) is 117 Å². The SMILES string of the molecule is CCCOC(=O)N(Cc1ccc2nc(-c3ccc(C(=O)O)cc3)ccc2c1)CC1(C(=O)O)CCCC1. The molecule has 4 rings (SSSR count). The second-order valence-electron chi connectivity index (χ2n) is 9.37. The highest BCUT2D eigenvalue weighted by Crippen LogP contribution is 2.39. The summed E-state index contributed by atoms with van der Waals surface area (Å²) in [5, 5.41) is 19.9. The second-order valence-corrected chi connectivity index (χ2v) is 9.37. The number of pyridine rings is 1. The minimum atomic E-state index is -0.977. The third-order valence-electron chi connectivity index (χ3n) is 6.75. The van der Waals surface area contributed by atoms with E-state index in [0.29, 0.717) is 19.3 Å². The van der Waals surface area contributed by atoms with E-state index in [1.54, 1.807) is 24.3 Å². The van der Waals surface area contributed by atoms with Gasteiger partial charge < -0.3 is 19.8 Å². The molecule has 1 saturated carbocycles. The van der Waals surface area contributed by atoms with Gasteiger partial charge in [-0.3, -0.25) is 4.79 Å². The molecule has 1 heterocycles. The number of fused-ring (bicyclic) bond motifs is 1. The number of hydrogen-bond donors (Lipinski definition) is 2. The lowest BCUT2D eigenvalue weighted by molar-refractivity contribution is -0.149. The highest BCUT2D eigenvalue weighted by molar-refractivity contribution is 5.88. The Labute approximate surface area is 209 Å². The normalized spacial score (nSPS) is 14.5. The molecule has 2 N–H and O–H groups in total. The molecule has 8 nitrogen and oxygen atoms in total. The summed E-state index contributed by atoms with van der Waals surface area (Å²) < 4.78 is 5.38. The highest BCUT2D eigenvalue weighted by atomic mass is 16.6. The number of rotatable bonds is 9. The number of carbonyl (C=O) groups is 3. The van der Waals surface area contributed by atoms with Gasteiger partial charge in [-0.25, -0.2) is 14.6 Å². The summed E-state index contributed by atoms with van der Waals surface area (Å²) in [4.78, 5) is 42.3. The van der Waals surface area contributed by atoms with E-state index < -0.39 is 23.4 Å². The third kappa shape index (κ3) is 5.48. The predicted molar refractivity (Wildman–Crippen MR) is 135 cm³/mol. The molecule has 2 aromatic carbocycles. The molecule has 1 fully saturated rings. The summed E-state index contributed by atoms with van der Waals surface area (Å²) in [6.45, 7) is 2.56. The van der Waals surface area contributed by atoms with E-state index in [2.05, 4.69) is 0 Å². The van der Waals surface area contributed by atoms with Crippen LogP contribution in [-0.2, 0) is 16.1 Å². The Hall–Kier alpha value is -3.94. The largest absolute Gasteiger partial charge is 0.481 e. The Morgan fingerprint density at radius 2 is 1.72 bits per heavy atom. The molecule has 188 valence electrons. The summed E-state index contributed by atoms with van der Waals surface area (Å²) >= 11 is 0. The number of nitrogens with zero attached hydrogens (tertiary/aromatic N) is 2. The van der Waals surface area contributed by atoms with E-state index in [9.17, 15) is 19.5 Å². The van der Waals surface area contributed by atoms with E-state index in [1.165, 1.54) is 4.90 Å². The van der Waals surface area contributed by atoms with Gasteiger partial charge in [0.2, 0.25) is 0 Å². The van der Waals surface area contributed by atoms with Crippen molar-refractivity contribution in [2.24, 2.45) is 5.41 Å². The number of carboxylic acid groups (broad SMARTS) is 2. The minimum absolute atomic E-state index is 0.118. The molecule has 0 unspecified atom stereocenters. The summed E-state index contributed by atoms with van der Waals surface area (Å²) in [5.74, 6) is -1.84. The maximum Gasteiger partial charge on any atom is 0.410 e. The standard InChI is InChI=1S/C28H30N2O6/c1-2-15-36-27(35)30(18-28(26(33)34)13-3-4-14-28)17-19-5-11-24-22(16-19)10-12-23(29-24)20-6-8-21(9-7-20)25(31)32/h5-12,16H,2-4,13-15,17-18H2,1H3,(H,31,32)(H,33,34). The Balaban J connectivity index is 1.57. The fourth-order valence-corrected chi connectivity index (χ4v) is 4.76. The number of amides is 1. The first-order valence-electron chi connectivity index (χ1n) is 12.2. The van der Waals surface area contributed by atoms with Gasteiger partial charge in [0.1, 0.15) is 0 Å². The second kappa shape index (κ2) is 10.8. The summed E-state index contributed by atoms with van der Waals surface area (Å²) in [5.41, 5.74) is 2.43. The number of carboxylic acids is 2. The number of aliphatic carboxylic acids is 1. The first-order chi connectivity index (χ1) is 17.3. The molecule has 1 aliphatic carbocycles. The van der Waals surface area contributed by atoms with Gasteiger partial charge in [0.05, 0.1) is 28.8 Å². The van der Waals surface area contributed by atoms with Crippen LogP contribution in [-0.4, -0.2) is 51.3 Å². The quantitative estimate of drug-likeness (QED) is 0.401. The van der Waals surface area contributed by atoms with Gasteiger partial charge in [0, 0.05) is 24.0 Å². The van der Waals surface area contributed by atoms with Crippen molar-refractivity contribution < 1.29 is 29.3 Å². The van der Waals surface area contributed by atoms with Gasteiger partial charge in [-0.15, -0.1) is 0 Å². The van der Waals surface area contributed by atoms with Gasteiger partial charge >= 0.3 is 18.0 Å². The molecule has 0 saturated heterocycles. The van der Waals surface area contributed by atoms with E-state index in [-0.39, 0.29) is 25.3 Å². The highest BCUT2D eigenvalue weighted by Gasteiger charge is 2.43. The minimum Gasteiger partial charge on any atom is -0.481 e. The summed E-state index contributed by atoms with van der Waals surface area (Å²) in [6.07, 6.45) is 2.98. The number of aromatic carboxylic acids is 1. The lowest BCUT2D eigenvalue weighted by Crippen LogP contribution is -2.44. The molecule has 8 heteroatoms. The molecular formula is C28H30N2O6. The predicted octanol–water partition coefficient (Wildman–Crippen LogP) is 5.59. The first kappa shape index (κ1) is 25.2. The van der Waals surface area contributed by atoms with E-state index >= 15 is 0 Å². The molecule has 0 aliphatic heterocycles. The molecule has 1 aromatic heterocycles. The molecule has 0 atom stereocenters. The molecule has 36 heavy (non-hydrogen) atoms. The van der Waals surface area contributed by atoms with Crippen molar-refractivity contribution >= 4 is 28.9 Å². The first-order valence-corrected chi connectivity index (χ1v) is 12.2.